The third kappa shape index (κ3) is 2.50. The largest absolute Gasteiger partial charge is 0.338 e. The molecule has 2 fully saturated rings. The van der Waals surface area contributed by atoms with Gasteiger partial charge in [-0.25, -0.2) is 0 Å². The number of rotatable bonds is 1. The molecule has 102 valence electrons. The lowest BCUT2D eigenvalue weighted by Gasteiger charge is -2.19. The Kier molecular flexibility index (Phi) is 3.75. The zero-order valence-electron chi connectivity index (χ0n) is 10.5. The van der Waals surface area contributed by atoms with Crippen molar-refractivity contribution in [2.45, 2.75) is 18.9 Å². The summed E-state index contributed by atoms with van der Waals surface area (Å²) in [4.78, 5) is 14.4. The predicted molar refractivity (Wildman–Crippen MR) is 84.3 cm³/mol. The number of hydrogen-bond donors (Lipinski definition) is 1. The quantitative estimate of drug-likeness (QED) is 0.750. The summed E-state index contributed by atoms with van der Waals surface area (Å²) in [5, 5.41) is 0.641. The molecule has 3 atom stereocenters. The maximum atomic E-state index is 12.5. The van der Waals surface area contributed by atoms with Gasteiger partial charge < -0.3 is 10.6 Å². The Morgan fingerprint density at radius 3 is 2.84 bits per heavy atom. The van der Waals surface area contributed by atoms with Crippen LogP contribution in [0.1, 0.15) is 23.2 Å². The van der Waals surface area contributed by atoms with Crippen molar-refractivity contribution in [1.82, 2.24) is 4.90 Å². The van der Waals surface area contributed by atoms with E-state index in [1.165, 1.54) is 0 Å². The van der Waals surface area contributed by atoms with Crippen molar-refractivity contribution in [1.29, 1.82) is 0 Å². The number of nitrogens with two attached hydrogens (primary N) is 1. The van der Waals surface area contributed by atoms with Gasteiger partial charge in [0.1, 0.15) is 0 Å². The standard InChI is InChI=1S/C14H16ClIN2O/c15-11-5-8(1-3-12(11)16)14(19)18-6-9-2-4-13(17)10(9)7-18/h1,3,5,9-10,13H,2,4,6-7,17H2. The monoisotopic (exact) mass is 390 g/mol. The summed E-state index contributed by atoms with van der Waals surface area (Å²) in [5.41, 5.74) is 6.78. The van der Waals surface area contributed by atoms with Gasteiger partial charge in [-0.3, -0.25) is 4.79 Å². The molecule has 1 saturated heterocycles. The first-order chi connectivity index (χ1) is 9.06. The van der Waals surface area contributed by atoms with Crippen LogP contribution in [0.4, 0.5) is 0 Å². The summed E-state index contributed by atoms with van der Waals surface area (Å²) in [6, 6.07) is 5.77. The molecule has 3 unspecified atom stereocenters. The minimum Gasteiger partial charge on any atom is -0.338 e. The van der Waals surface area contributed by atoms with E-state index in [1.54, 1.807) is 6.07 Å². The van der Waals surface area contributed by atoms with E-state index < -0.39 is 0 Å². The first-order valence-electron chi connectivity index (χ1n) is 6.56. The van der Waals surface area contributed by atoms with Gasteiger partial charge in [0.25, 0.3) is 5.91 Å². The smallest absolute Gasteiger partial charge is 0.253 e. The Morgan fingerprint density at radius 2 is 2.16 bits per heavy atom. The number of fused-ring (bicyclic) bond motifs is 1. The van der Waals surface area contributed by atoms with Crippen LogP contribution in [0.15, 0.2) is 18.2 Å². The van der Waals surface area contributed by atoms with E-state index in [-0.39, 0.29) is 11.9 Å². The predicted octanol–water partition coefficient (Wildman–Crippen LogP) is 2.75. The molecule has 1 aliphatic carbocycles. The lowest BCUT2D eigenvalue weighted by Crippen LogP contribution is -2.33. The van der Waals surface area contributed by atoms with E-state index in [0.29, 0.717) is 22.4 Å². The number of halogens is 2. The Labute approximate surface area is 131 Å². The van der Waals surface area contributed by atoms with E-state index in [0.717, 1.165) is 29.5 Å². The fraction of sp³-hybridized carbons (Fsp3) is 0.500. The minimum atomic E-state index is 0.0832. The molecule has 2 N–H and O–H groups in total. The van der Waals surface area contributed by atoms with E-state index in [9.17, 15) is 4.79 Å². The molecule has 5 heteroatoms. The van der Waals surface area contributed by atoms with Crippen LogP contribution < -0.4 is 5.73 Å². The van der Waals surface area contributed by atoms with Crippen molar-refractivity contribution in [3.05, 3.63) is 32.4 Å². The van der Waals surface area contributed by atoms with Gasteiger partial charge in [0.2, 0.25) is 0 Å². The van der Waals surface area contributed by atoms with Gasteiger partial charge in [-0.15, -0.1) is 0 Å². The average Bonchev–Trinajstić information content (AvgIpc) is 2.95. The maximum Gasteiger partial charge on any atom is 0.253 e. The van der Waals surface area contributed by atoms with E-state index in [2.05, 4.69) is 22.6 Å². The van der Waals surface area contributed by atoms with Crippen LogP contribution in [0.2, 0.25) is 5.02 Å². The number of benzene rings is 1. The molecule has 1 heterocycles. The molecule has 0 bridgehead atoms. The van der Waals surface area contributed by atoms with Crippen LogP contribution >= 0.6 is 34.2 Å². The van der Waals surface area contributed by atoms with Crippen molar-refractivity contribution >= 4 is 40.1 Å². The number of carbonyl (C=O) groups is 1. The molecule has 19 heavy (non-hydrogen) atoms. The molecule has 1 amide bonds. The first kappa shape index (κ1) is 13.6. The fourth-order valence-corrected chi connectivity index (χ4v) is 3.80. The first-order valence-corrected chi connectivity index (χ1v) is 8.02. The highest BCUT2D eigenvalue weighted by Gasteiger charge is 2.42. The van der Waals surface area contributed by atoms with Crippen molar-refractivity contribution in [3.63, 3.8) is 0 Å². The molecule has 3 nitrogen and oxygen atoms in total. The molecule has 1 saturated carbocycles. The van der Waals surface area contributed by atoms with Crippen molar-refractivity contribution in [2.75, 3.05) is 13.1 Å². The normalized spacial score (nSPS) is 29.6. The molecule has 1 aromatic rings. The highest BCUT2D eigenvalue weighted by atomic mass is 127. The van der Waals surface area contributed by atoms with Gasteiger partial charge in [-0.2, -0.15) is 0 Å². The number of amides is 1. The summed E-state index contributed by atoms with van der Waals surface area (Å²) >= 11 is 8.25. The average molecular weight is 391 g/mol. The third-order valence-corrected chi connectivity index (χ3v) is 5.94. The van der Waals surface area contributed by atoms with Crippen LogP contribution in [0.3, 0.4) is 0 Å². The highest BCUT2D eigenvalue weighted by Crippen LogP contribution is 2.37. The second-order valence-corrected chi connectivity index (χ2v) is 7.07. The topological polar surface area (TPSA) is 46.3 Å². The number of likely N-dealkylation sites (tertiary alicyclic amines) is 1. The molecule has 0 spiro atoms. The fourth-order valence-electron chi connectivity index (χ4n) is 3.29. The summed E-state index contributed by atoms with van der Waals surface area (Å²) in [5.74, 6) is 1.17. The van der Waals surface area contributed by atoms with Crippen LogP contribution in [-0.4, -0.2) is 29.9 Å². The van der Waals surface area contributed by atoms with Gasteiger partial charge in [-0.05, 0) is 65.5 Å². The van der Waals surface area contributed by atoms with Crippen LogP contribution in [0.5, 0.6) is 0 Å². The number of nitrogens with zero attached hydrogens (tertiary/aromatic N) is 1. The zero-order valence-corrected chi connectivity index (χ0v) is 13.4. The van der Waals surface area contributed by atoms with Gasteiger partial charge >= 0.3 is 0 Å². The Balaban J connectivity index is 1.76. The molecule has 1 aliphatic heterocycles. The molecule has 2 aliphatic rings. The molecule has 0 radical (unpaired) electrons. The SMILES string of the molecule is NC1CCC2CN(C(=O)c3ccc(I)c(Cl)c3)CC12. The van der Waals surface area contributed by atoms with Gasteiger partial charge in [0.15, 0.2) is 0 Å². The minimum absolute atomic E-state index is 0.0832. The lowest BCUT2D eigenvalue weighted by molar-refractivity contribution is 0.0779. The summed E-state index contributed by atoms with van der Waals surface area (Å²) in [6.07, 6.45) is 2.26. The van der Waals surface area contributed by atoms with Crippen molar-refractivity contribution in [3.8, 4) is 0 Å². The van der Waals surface area contributed by atoms with Crippen LogP contribution in [0, 0.1) is 15.4 Å². The Morgan fingerprint density at radius 1 is 1.37 bits per heavy atom. The Hall–Kier alpha value is -0.330. The lowest BCUT2D eigenvalue weighted by atomic mass is 9.98. The highest BCUT2D eigenvalue weighted by molar-refractivity contribution is 14.1. The second kappa shape index (κ2) is 5.22. The van der Waals surface area contributed by atoms with Gasteiger partial charge in [0, 0.05) is 28.3 Å². The van der Waals surface area contributed by atoms with Gasteiger partial charge in [-0.1, -0.05) is 11.6 Å². The summed E-state index contributed by atoms with van der Waals surface area (Å²) in [6.45, 7) is 1.65. The van der Waals surface area contributed by atoms with Crippen LogP contribution in [0.25, 0.3) is 0 Å². The second-order valence-electron chi connectivity index (χ2n) is 5.50. The molecular weight excluding hydrogens is 375 g/mol. The zero-order chi connectivity index (χ0) is 13.6. The number of hydrogen-bond acceptors (Lipinski definition) is 2. The summed E-state index contributed by atoms with van der Waals surface area (Å²) < 4.78 is 0.969. The molecular formula is C14H16ClIN2O. The van der Waals surface area contributed by atoms with Crippen molar-refractivity contribution < 1.29 is 4.79 Å². The summed E-state index contributed by atoms with van der Waals surface area (Å²) in [7, 11) is 0. The van der Waals surface area contributed by atoms with E-state index in [1.807, 2.05) is 17.0 Å². The molecule has 1 aromatic carbocycles. The maximum absolute atomic E-state index is 12.5. The third-order valence-electron chi connectivity index (χ3n) is 4.37. The van der Waals surface area contributed by atoms with Gasteiger partial charge in [0.05, 0.1) is 5.02 Å². The number of carbonyl (C=O) groups excluding carboxylic acids is 1. The van der Waals surface area contributed by atoms with E-state index >= 15 is 0 Å². The van der Waals surface area contributed by atoms with Crippen LogP contribution in [-0.2, 0) is 0 Å². The molecule has 3 rings (SSSR count). The Bertz CT molecular complexity index is 522. The van der Waals surface area contributed by atoms with Crippen molar-refractivity contribution in [2.24, 2.45) is 17.6 Å². The molecule has 0 aromatic heterocycles. The van der Waals surface area contributed by atoms with E-state index in [4.69, 9.17) is 17.3 Å².